The summed E-state index contributed by atoms with van der Waals surface area (Å²) in [6, 6.07) is 5.08. The zero-order chi connectivity index (χ0) is 17.5. The molecule has 0 spiro atoms. The summed E-state index contributed by atoms with van der Waals surface area (Å²) < 4.78 is 31.8. The van der Waals surface area contributed by atoms with Gasteiger partial charge in [0.1, 0.15) is 0 Å². The van der Waals surface area contributed by atoms with Crippen molar-refractivity contribution in [2.45, 2.75) is 50.1 Å². The molecule has 0 bridgehead atoms. The van der Waals surface area contributed by atoms with Crippen LogP contribution in [0.1, 0.15) is 42.1 Å². The first-order chi connectivity index (χ1) is 11.2. The van der Waals surface area contributed by atoms with Crippen molar-refractivity contribution in [1.29, 1.82) is 0 Å². The number of nitrogens with two attached hydrogens (primary N) is 1. The Hall–Kier alpha value is -1.77. The van der Waals surface area contributed by atoms with Crippen LogP contribution in [0, 0.1) is 13.8 Å². The topological polar surface area (TPSA) is 102 Å². The quantitative estimate of drug-likeness (QED) is 0.883. The molecule has 0 radical (unpaired) electrons. The zero-order valence-corrected chi connectivity index (χ0v) is 14.9. The lowest BCUT2D eigenvalue weighted by Crippen LogP contribution is -2.44. The van der Waals surface area contributed by atoms with Gasteiger partial charge in [-0.2, -0.15) is 9.29 Å². The fourth-order valence-electron chi connectivity index (χ4n) is 2.63. The Morgan fingerprint density at radius 1 is 1.29 bits per heavy atom. The van der Waals surface area contributed by atoms with Crippen LogP contribution in [0.15, 0.2) is 27.6 Å². The van der Waals surface area contributed by atoms with Crippen molar-refractivity contribution >= 4 is 10.0 Å². The van der Waals surface area contributed by atoms with Crippen molar-refractivity contribution in [2.24, 2.45) is 5.73 Å². The number of hydrogen-bond acceptors (Lipinski definition) is 6. The van der Waals surface area contributed by atoms with Gasteiger partial charge in [0.2, 0.25) is 15.9 Å². The Bertz CT molecular complexity index is 856. The molecule has 2 N–H and O–H groups in total. The lowest BCUT2D eigenvalue weighted by Gasteiger charge is -2.34. The van der Waals surface area contributed by atoms with E-state index in [-0.39, 0.29) is 17.3 Å². The molecule has 2 aromatic rings. The minimum Gasteiger partial charge on any atom is -0.338 e. The van der Waals surface area contributed by atoms with Crippen LogP contribution in [-0.2, 0) is 22.1 Å². The van der Waals surface area contributed by atoms with E-state index in [0.717, 1.165) is 30.4 Å². The standard InChI is InChI=1S/C16H22N4O3S/c1-11-5-6-13(9-12(11)2)24(21,22)20(3)10-14-18-15(19-23-14)16(17)7-4-8-16/h5-6,9H,4,7-8,10,17H2,1-3H3. The molecule has 130 valence electrons. The molecule has 1 saturated carbocycles. The number of aryl methyl sites for hydroxylation is 2. The zero-order valence-electron chi connectivity index (χ0n) is 14.1. The van der Waals surface area contributed by atoms with Crippen LogP contribution in [0.4, 0.5) is 0 Å². The predicted octanol–water partition coefficient (Wildman–Crippen LogP) is 1.85. The molecule has 0 amide bonds. The van der Waals surface area contributed by atoms with Crippen molar-refractivity contribution in [2.75, 3.05) is 7.05 Å². The molecule has 24 heavy (non-hydrogen) atoms. The van der Waals surface area contributed by atoms with Crippen LogP contribution in [0.3, 0.4) is 0 Å². The molecule has 7 nitrogen and oxygen atoms in total. The second-order valence-electron chi connectivity index (χ2n) is 6.53. The molecule has 0 saturated heterocycles. The Balaban J connectivity index is 1.78. The summed E-state index contributed by atoms with van der Waals surface area (Å²) in [5, 5.41) is 3.91. The fourth-order valence-corrected chi connectivity index (χ4v) is 3.84. The van der Waals surface area contributed by atoms with Crippen molar-refractivity contribution in [3.05, 3.63) is 41.0 Å². The average Bonchev–Trinajstić information content (AvgIpc) is 2.96. The van der Waals surface area contributed by atoms with Crippen LogP contribution in [0.25, 0.3) is 0 Å². The van der Waals surface area contributed by atoms with Gasteiger partial charge >= 0.3 is 0 Å². The molecule has 1 aromatic carbocycles. The summed E-state index contributed by atoms with van der Waals surface area (Å²) in [6.45, 7) is 3.84. The van der Waals surface area contributed by atoms with Gasteiger partial charge in [-0.15, -0.1) is 0 Å². The number of nitrogens with zero attached hydrogens (tertiary/aromatic N) is 3. The molecule has 3 rings (SSSR count). The van der Waals surface area contributed by atoms with E-state index in [0.29, 0.717) is 5.82 Å². The van der Waals surface area contributed by atoms with Crippen molar-refractivity contribution in [1.82, 2.24) is 14.4 Å². The highest BCUT2D eigenvalue weighted by Crippen LogP contribution is 2.36. The molecule has 0 unspecified atom stereocenters. The third kappa shape index (κ3) is 2.97. The summed E-state index contributed by atoms with van der Waals surface area (Å²) in [5.41, 5.74) is 7.62. The molecule has 0 aliphatic heterocycles. The lowest BCUT2D eigenvalue weighted by molar-refractivity contribution is 0.228. The summed E-state index contributed by atoms with van der Waals surface area (Å²) in [5.74, 6) is 0.706. The van der Waals surface area contributed by atoms with Gasteiger partial charge in [0, 0.05) is 7.05 Å². The molecule has 1 fully saturated rings. The van der Waals surface area contributed by atoms with Crippen LogP contribution >= 0.6 is 0 Å². The lowest BCUT2D eigenvalue weighted by atomic mass is 9.77. The minimum atomic E-state index is -3.62. The maximum absolute atomic E-state index is 12.7. The Kier molecular flexibility index (Phi) is 4.23. The highest BCUT2D eigenvalue weighted by Gasteiger charge is 2.39. The van der Waals surface area contributed by atoms with E-state index >= 15 is 0 Å². The van der Waals surface area contributed by atoms with E-state index in [1.165, 1.54) is 11.4 Å². The van der Waals surface area contributed by atoms with E-state index in [1.807, 2.05) is 13.8 Å². The number of hydrogen-bond donors (Lipinski definition) is 1. The largest absolute Gasteiger partial charge is 0.338 e. The van der Waals surface area contributed by atoms with Crippen molar-refractivity contribution < 1.29 is 12.9 Å². The van der Waals surface area contributed by atoms with Crippen LogP contribution in [0.2, 0.25) is 0 Å². The fraction of sp³-hybridized carbons (Fsp3) is 0.500. The molecule has 1 aliphatic carbocycles. The summed E-state index contributed by atoms with van der Waals surface area (Å²) in [6.07, 6.45) is 2.69. The highest BCUT2D eigenvalue weighted by molar-refractivity contribution is 7.89. The first-order valence-electron chi connectivity index (χ1n) is 7.88. The molecular formula is C16H22N4O3S. The van der Waals surface area contributed by atoms with Crippen molar-refractivity contribution in [3.63, 3.8) is 0 Å². The van der Waals surface area contributed by atoms with E-state index in [1.54, 1.807) is 18.2 Å². The number of aromatic nitrogens is 2. The summed E-state index contributed by atoms with van der Waals surface area (Å²) >= 11 is 0. The van der Waals surface area contributed by atoms with Crippen LogP contribution in [-0.4, -0.2) is 29.9 Å². The molecular weight excluding hydrogens is 328 g/mol. The van der Waals surface area contributed by atoms with Gasteiger partial charge in [0.25, 0.3) is 0 Å². The summed E-state index contributed by atoms with van der Waals surface area (Å²) in [7, 11) is -2.12. The first-order valence-corrected chi connectivity index (χ1v) is 9.32. The van der Waals surface area contributed by atoms with Gasteiger partial charge in [-0.05, 0) is 56.4 Å². The van der Waals surface area contributed by atoms with Crippen LogP contribution in [0.5, 0.6) is 0 Å². The van der Waals surface area contributed by atoms with Gasteiger partial charge in [0.05, 0.1) is 17.0 Å². The van der Waals surface area contributed by atoms with Gasteiger partial charge in [-0.1, -0.05) is 11.2 Å². The molecule has 0 atom stereocenters. The Morgan fingerprint density at radius 3 is 2.58 bits per heavy atom. The predicted molar refractivity (Wildman–Crippen MR) is 88.6 cm³/mol. The van der Waals surface area contributed by atoms with E-state index in [9.17, 15) is 8.42 Å². The van der Waals surface area contributed by atoms with E-state index in [2.05, 4.69) is 10.1 Å². The normalized spacial score (nSPS) is 17.0. The number of benzene rings is 1. The van der Waals surface area contributed by atoms with Gasteiger partial charge in [0.15, 0.2) is 5.82 Å². The second-order valence-corrected chi connectivity index (χ2v) is 8.57. The first kappa shape index (κ1) is 17.1. The SMILES string of the molecule is Cc1ccc(S(=O)(=O)N(C)Cc2nc(C3(N)CCC3)no2)cc1C. The maximum atomic E-state index is 12.7. The number of sulfonamides is 1. The Labute approximate surface area is 141 Å². The molecule has 1 aliphatic rings. The average molecular weight is 350 g/mol. The van der Waals surface area contributed by atoms with Gasteiger partial charge in [-0.3, -0.25) is 0 Å². The van der Waals surface area contributed by atoms with Gasteiger partial charge in [-0.25, -0.2) is 8.42 Å². The van der Waals surface area contributed by atoms with Crippen LogP contribution < -0.4 is 5.73 Å². The van der Waals surface area contributed by atoms with Crippen molar-refractivity contribution in [3.8, 4) is 0 Å². The highest BCUT2D eigenvalue weighted by atomic mass is 32.2. The molecule has 1 heterocycles. The third-order valence-electron chi connectivity index (χ3n) is 4.70. The van der Waals surface area contributed by atoms with E-state index in [4.69, 9.17) is 10.3 Å². The smallest absolute Gasteiger partial charge is 0.243 e. The van der Waals surface area contributed by atoms with Gasteiger partial charge < -0.3 is 10.3 Å². The second kappa shape index (κ2) is 5.94. The summed E-state index contributed by atoms with van der Waals surface area (Å²) in [4.78, 5) is 4.53. The van der Waals surface area contributed by atoms with E-state index < -0.39 is 15.6 Å². The number of rotatable bonds is 5. The molecule has 8 heteroatoms. The maximum Gasteiger partial charge on any atom is 0.243 e. The Morgan fingerprint density at radius 2 is 2.00 bits per heavy atom. The monoisotopic (exact) mass is 350 g/mol. The molecule has 1 aromatic heterocycles. The minimum absolute atomic E-state index is 0.0122. The third-order valence-corrected chi connectivity index (χ3v) is 6.50.